The van der Waals surface area contributed by atoms with Crippen LogP contribution in [-0.2, 0) is 4.79 Å². The number of ether oxygens (including phenoxy) is 1. The van der Waals surface area contributed by atoms with Crippen LogP contribution in [0.4, 0.5) is 0 Å². The van der Waals surface area contributed by atoms with E-state index in [1.54, 1.807) is 0 Å². The first-order valence-electron chi connectivity index (χ1n) is 9.03. The first kappa shape index (κ1) is 15.9. The lowest BCUT2D eigenvalue weighted by molar-refractivity contribution is -0.136. The fourth-order valence-corrected chi connectivity index (χ4v) is 4.04. The number of carbonyl (C=O) groups is 1. The zero-order valence-corrected chi connectivity index (χ0v) is 13.9. The predicted molar refractivity (Wildman–Crippen MR) is 91.5 cm³/mol. The molecule has 0 spiro atoms. The van der Waals surface area contributed by atoms with Gasteiger partial charge < -0.3 is 15.0 Å². The monoisotopic (exact) mass is 330 g/mol. The molecule has 3 aliphatic rings. The maximum atomic E-state index is 12.9. The molecule has 3 fully saturated rings. The number of hydrazine groups is 1. The molecule has 4 rings (SSSR count). The van der Waals surface area contributed by atoms with Crippen LogP contribution in [-0.4, -0.2) is 55.2 Å². The van der Waals surface area contributed by atoms with E-state index in [0.717, 1.165) is 51.2 Å². The molecule has 3 unspecified atom stereocenters. The summed E-state index contributed by atoms with van der Waals surface area (Å²) < 4.78 is 6.02. The molecular weight excluding hydrogens is 304 g/mol. The molecule has 0 bridgehead atoms. The number of fused-ring (bicyclic) bond motifs is 1. The molecule has 0 saturated carbocycles. The van der Waals surface area contributed by atoms with E-state index in [1.807, 2.05) is 35.2 Å². The van der Waals surface area contributed by atoms with Crippen LogP contribution in [0, 0.1) is 5.92 Å². The van der Waals surface area contributed by atoms with Crippen molar-refractivity contribution >= 4 is 5.91 Å². The van der Waals surface area contributed by atoms with Gasteiger partial charge in [-0.3, -0.25) is 10.2 Å². The second kappa shape index (κ2) is 7.09. The minimum absolute atomic E-state index is 0.102. The number of rotatable bonds is 3. The smallest absolute Gasteiger partial charge is 0.241 e. The Morgan fingerprint density at radius 1 is 1.08 bits per heavy atom. The largest absolute Gasteiger partial charge is 0.490 e. The van der Waals surface area contributed by atoms with Crippen molar-refractivity contribution in [2.45, 2.75) is 37.5 Å². The number of hydrogen-bond donors (Lipinski definition) is 3. The molecule has 130 valence electrons. The number of carbonyl (C=O) groups excluding carboxylic acids is 1. The molecule has 0 aromatic heterocycles. The molecule has 3 saturated heterocycles. The Morgan fingerprint density at radius 2 is 1.88 bits per heavy atom. The van der Waals surface area contributed by atoms with Crippen molar-refractivity contribution in [3.8, 4) is 5.75 Å². The zero-order valence-electron chi connectivity index (χ0n) is 13.9. The van der Waals surface area contributed by atoms with Crippen LogP contribution in [0.25, 0.3) is 0 Å². The summed E-state index contributed by atoms with van der Waals surface area (Å²) in [5, 5.41) is 3.41. The molecule has 3 N–H and O–H groups in total. The van der Waals surface area contributed by atoms with Gasteiger partial charge in [-0.05, 0) is 25.1 Å². The predicted octanol–water partition coefficient (Wildman–Crippen LogP) is 0.511. The van der Waals surface area contributed by atoms with Gasteiger partial charge >= 0.3 is 0 Å². The molecule has 6 nitrogen and oxygen atoms in total. The Balaban J connectivity index is 1.30. The summed E-state index contributed by atoms with van der Waals surface area (Å²) in [5.41, 5.74) is 6.54. The lowest BCUT2D eigenvalue weighted by Crippen LogP contribution is -2.53. The maximum absolute atomic E-state index is 12.9. The second-order valence-corrected chi connectivity index (χ2v) is 6.99. The van der Waals surface area contributed by atoms with E-state index in [9.17, 15) is 4.79 Å². The highest BCUT2D eigenvalue weighted by atomic mass is 16.5. The molecule has 6 heteroatoms. The molecule has 3 atom stereocenters. The van der Waals surface area contributed by atoms with Crippen molar-refractivity contribution < 1.29 is 9.53 Å². The lowest BCUT2D eigenvalue weighted by atomic mass is 9.88. The van der Waals surface area contributed by atoms with Crippen molar-refractivity contribution in [3.63, 3.8) is 0 Å². The molecule has 1 aromatic rings. The van der Waals surface area contributed by atoms with Gasteiger partial charge in [0.05, 0.1) is 0 Å². The second-order valence-electron chi connectivity index (χ2n) is 6.99. The van der Waals surface area contributed by atoms with Crippen molar-refractivity contribution in [2.24, 2.45) is 5.92 Å². The highest BCUT2D eigenvalue weighted by Crippen LogP contribution is 2.24. The molecule has 1 amide bonds. The summed E-state index contributed by atoms with van der Waals surface area (Å²) in [7, 11) is 0. The lowest BCUT2D eigenvalue weighted by Gasteiger charge is -2.35. The number of benzene rings is 1. The Bertz CT molecular complexity index is 559. The van der Waals surface area contributed by atoms with E-state index in [2.05, 4.69) is 16.2 Å². The Kier molecular flexibility index (Phi) is 4.69. The van der Waals surface area contributed by atoms with E-state index < -0.39 is 0 Å². The van der Waals surface area contributed by atoms with Crippen LogP contribution in [0.2, 0.25) is 0 Å². The maximum Gasteiger partial charge on any atom is 0.241 e. The number of nitrogens with one attached hydrogen (secondary N) is 3. The number of hydrogen-bond acceptors (Lipinski definition) is 5. The third kappa shape index (κ3) is 3.27. The fourth-order valence-electron chi connectivity index (χ4n) is 4.04. The third-order valence-corrected chi connectivity index (χ3v) is 5.45. The number of nitrogens with zero attached hydrogens (tertiary/aromatic N) is 1. The summed E-state index contributed by atoms with van der Waals surface area (Å²) in [6, 6.07) is 10.3. The Morgan fingerprint density at radius 3 is 2.67 bits per heavy atom. The van der Waals surface area contributed by atoms with E-state index in [-0.39, 0.29) is 18.1 Å². The highest BCUT2D eigenvalue weighted by Gasteiger charge is 2.43. The van der Waals surface area contributed by atoms with Gasteiger partial charge in [0.2, 0.25) is 5.91 Å². The first-order valence-corrected chi connectivity index (χ1v) is 9.03. The molecule has 3 aliphatic heterocycles. The average Bonchev–Trinajstić information content (AvgIpc) is 3.07. The van der Waals surface area contributed by atoms with Gasteiger partial charge in [0, 0.05) is 44.4 Å². The van der Waals surface area contributed by atoms with E-state index >= 15 is 0 Å². The summed E-state index contributed by atoms with van der Waals surface area (Å²) in [5.74, 6) is 1.50. The van der Waals surface area contributed by atoms with Crippen LogP contribution in [0.3, 0.4) is 0 Å². The van der Waals surface area contributed by atoms with E-state index in [1.165, 1.54) is 0 Å². The van der Waals surface area contributed by atoms with Crippen LogP contribution in [0.15, 0.2) is 30.3 Å². The highest BCUT2D eigenvalue weighted by molar-refractivity contribution is 5.82. The zero-order chi connectivity index (χ0) is 16.4. The minimum Gasteiger partial charge on any atom is -0.490 e. The Hall–Kier alpha value is -1.63. The Labute approximate surface area is 142 Å². The van der Waals surface area contributed by atoms with Crippen molar-refractivity contribution in [1.82, 2.24) is 21.1 Å². The van der Waals surface area contributed by atoms with Gasteiger partial charge in [-0.15, -0.1) is 0 Å². The van der Waals surface area contributed by atoms with E-state index in [4.69, 9.17) is 4.74 Å². The van der Waals surface area contributed by atoms with Crippen molar-refractivity contribution in [1.29, 1.82) is 0 Å². The summed E-state index contributed by atoms with van der Waals surface area (Å²) in [6.45, 7) is 3.49. The topological polar surface area (TPSA) is 65.6 Å². The molecule has 0 aliphatic carbocycles. The third-order valence-electron chi connectivity index (χ3n) is 5.45. The number of amides is 1. The van der Waals surface area contributed by atoms with Crippen molar-refractivity contribution in [2.75, 3.05) is 26.2 Å². The van der Waals surface area contributed by atoms with Gasteiger partial charge in [-0.2, -0.15) is 0 Å². The molecule has 24 heavy (non-hydrogen) atoms. The van der Waals surface area contributed by atoms with Crippen molar-refractivity contribution in [3.05, 3.63) is 30.3 Å². The van der Waals surface area contributed by atoms with Crippen LogP contribution >= 0.6 is 0 Å². The first-order chi connectivity index (χ1) is 11.8. The molecule has 0 radical (unpaired) electrons. The van der Waals surface area contributed by atoms with Crippen LogP contribution in [0.5, 0.6) is 5.75 Å². The quantitative estimate of drug-likeness (QED) is 0.754. The normalized spacial score (nSPS) is 30.8. The van der Waals surface area contributed by atoms with Gasteiger partial charge in [0.1, 0.15) is 17.9 Å². The summed E-state index contributed by atoms with van der Waals surface area (Å²) >= 11 is 0. The van der Waals surface area contributed by atoms with Crippen LogP contribution < -0.4 is 20.9 Å². The van der Waals surface area contributed by atoms with E-state index in [0.29, 0.717) is 12.0 Å². The van der Waals surface area contributed by atoms with Gasteiger partial charge in [0.25, 0.3) is 0 Å². The summed E-state index contributed by atoms with van der Waals surface area (Å²) in [4.78, 5) is 14.9. The standard InChI is InChI=1S/C18H26N4O2/c23-18(17-15-12-19-9-6-16(15)20-21-17)22-10-7-14(8-11-22)24-13-4-2-1-3-5-13/h1-5,14-17,19-21H,6-12H2. The number of para-hydroxylation sites is 1. The molecular formula is C18H26N4O2. The number of likely N-dealkylation sites (tertiary alicyclic amines) is 1. The van der Waals surface area contributed by atoms with Gasteiger partial charge in [-0.25, -0.2) is 5.43 Å². The van der Waals surface area contributed by atoms with Gasteiger partial charge in [0.15, 0.2) is 0 Å². The SMILES string of the molecule is O=C(C1NNC2CCNCC21)N1CCC(Oc2ccccc2)CC1. The summed E-state index contributed by atoms with van der Waals surface area (Å²) in [6.07, 6.45) is 3.07. The fraction of sp³-hybridized carbons (Fsp3) is 0.611. The number of piperidine rings is 2. The molecule has 3 heterocycles. The minimum atomic E-state index is -0.102. The van der Waals surface area contributed by atoms with Gasteiger partial charge in [-0.1, -0.05) is 18.2 Å². The molecule has 1 aromatic carbocycles. The van der Waals surface area contributed by atoms with Crippen LogP contribution in [0.1, 0.15) is 19.3 Å². The average molecular weight is 330 g/mol.